The van der Waals surface area contributed by atoms with Crippen LogP contribution in [0, 0.1) is 0 Å². The highest BCUT2D eigenvalue weighted by Crippen LogP contribution is 2.30. The zero-order chi connectivity index (χ0) is 12.3. The largest absolute Gasteiger partial charge is 0.497 e. The molecule has 2 rings (SSSR count). The number of benzene rings is 1. The van der Waals surface area contributed by atoms with Gasteiger partial charge in [0.05, 0.1) is 19.3 Å². The number of methoxy groups -OCH3 is 1. The molecule has 0 radical (unpaired) electrons. The molecule has 1 aliphatic heterocycles. The van der Waals surface area contributed by atoms with Gasteiger partial charge >= 0.3 is 0 Å². The monoisotopic (exact) mass is 234 g/mol. The van der Waals surface area contributed by atoms with E-state index in [4.69, 9.17) is 9.47 Å². The molecule has 0 amide bonds. The highest BCUT2D eigenvalue weighted by Gasteiger charge is 2.36. The molecular weight excluding hydrogens is 212 g/mol. The van der Waals surface area contributed by atoms with Crippen LogP contribution in [-0.2, 0) is 17.6 Å². The van der Waals surface area contributed by atoms with Gasteiger partial charge in [-0.2, -0.15) is 0 Å². The molecule has 1 fully saturated rings. The minimum absolute atomic E-state index is 0.506. The first kappa shape index (κ1) is 12.4. The first-order chi connectivity index (χ1) is 8.28. The van der Waals surface area contributed by atoms with Crippen LogP contribution < -0.4 is 4.74 Å². The normalized spacial score (nSPS) is 22.5. The number of epoxide rings is 1. The fourth-order valence-corrected chi connectivity index (χ4v) is 2.39. The Morgan fingerprint density at radius 1 is 1.18 bits per heavy atom. The second-order valence-electron chi connectivity index (χ2n) is 4.65. The molecule has 2 atom stereocenters. The fraction of sp³-hybridized carbons (Fsp3) is 0.600. The molecule has 0 aliphatic carbocycles. The van der Waals surface area contributed by atoms with Crippen LogP contribution in [0.2, 0.25) is 0 Å². The molecule has 0 bridgehead atoms. The number of hydrogen-bond donors (Lipinski definition) is 0. The smallest absolute Gasteiger partial charge is 0.119 e. The van der Waals surface area contributed by atoms with E-state index in [-0.39, 0.29) is 0 Å². The molecule has 2 unspecified atom stereocenters. The van der Waals surface area contributed by atoms with Crippen molar-refractivity contribution in [2.75, 3.05) is 7.11 Å². The molecule has 1 heterocycles. The summed E-state index contributed by atoms with van der Waals surface area (Å²) < 4.78 is 10.8. The lowest BCUT2D eigenvalue weighted by Gasteiger charge is -2.09. The molecule has 0 saturated carbocycles. The van der Waals surface area contributed by atoms with Gasteiger partial charge in [-0.05, 0) is 48.9 Å². The molecule has 94 valence electrons. The summed E-state index contributed by atoms with van der Waals surface area (Å²) in [6, 6.07) is 6.40. The van der Waals surface area contributed by atoms with Crippen molar-refractivity contribution in [2.45, 2.75) is 51.7 Å². The predicted molar refractivity (Wildman–Crippen MR) is 69.6 cm³/mol. The van der Waals surface area contributed by atoms with Crippen LogP contribution in [0.25, 0.3) is 0 Å². The van der Waals surface area contributed by atoms with Crippen LogP contribution in [0.15, 0.2) is 18.2 Å². The molecule has 0 aromatic heterocycles. The van der Waals surface area contributed by atoms with E-state index < -0.39 is 0 Å². The molecule has 0 N–H and O–H groups in total. The molecule has 2 nitrogen and oxygen atoms in total. The predicted octanol–water partition coefficient (Wildman–Crippen LogP) is 3.37. The summed E-state index contributed by atoms with van der Waals surface area (Å²) in [5, 5.41) is 0. The first-order valence-electron chi connectivity index (χ1n) is 6.59. The van der Waals surface area contributed by atoms with E-state index in [1.165, 1.54) is 11.1 Å². The van der Waals surface area contributed by atoms with E-state index in [1.807, 2.05) is 0 Å². The molecular formula is C15H22O2. The lowest BCUT2D eigenvalue weighted by molar-refractivity contribution is 0.359. The fourth-order valence-electron chi connectivity index (χ4n) is 2.39. The number of hydrogen-bond acceptors (Lipinski definition) is 2. The van der Waals surface area contributed by atoms with E-state index in [0.29, 0.717) is 12.2 Å². The van der Waals surface area contributed by atoms with Crippen LogP contribution in [0.1, 0.15) is 37.8 Å². The van der Waals surface area contributed by atoms with Crippen molar-refractivity contribution in [3.05, 3.63) is 29.3 Å². The third kappa shape index (κ3) is 3.01. The summed E-state index contributed by atoms with van der Waals surface area (Å²) >= 11 is 0. The molecule has 0 spiro atoms. The summed E-state index contributed by atoms with van der Waals surface area (Å²) in [6.07, 6.45) is 5.51. The van der Waals surface area contributed by atoms with Crippen LogP contribution >= 0.6 is 0 Å². The maximum Gasteiger partial charge on any atom is 0.119 e. The van der Waals surface area contributed by atoms with Crippen molar-refractivity contribution in [1.82, 2.24) is 0 Å². The average Bonchev–Trinajstić information content (AvgIpc) is 3.14. The quantitative estimate of drug-likeness (QED) is 0.704. The summed E-state index contributed by atoms with van der Waals surface area (Å²) in [6.45, 7) is 4.39. The standard InChI is InChI=1S/C15H22O2/c1-4-11-10-13(16-3)8-6-12(11)7-9-15-14(5-2)17-15/h6,8,10,14-15H,4-5,7,9H2,1-3H3. The molecule has 1 aliphatic rings. The van der Waals surface area contributed by atoms with E-state index >= 15 is 0 Å². The zero-order valence-electron chi connectivity index (χ0n) is 11.0. The van der Waals surface area contributed by atoms with Crippen molar-refractivity contribution in [3.63, 3.8) is 0 Å². The van der Waals surface area contributed by atoms with Crippen LogP contribution in [0.5, 0.6) is 5.75 Å². The van der Waals surface area contributed by atoms with Crippen molar-refractivity contribution in [3.8, 4) is 5.75 Å². The van der Waals surface area contributed by atoms with Crippen molar-refractivity contribution in [2.24, 2.45) is 0 Å². The van der Waals surface area contributed by atoms with Gasteiger partial charge in [-0.1, -0.05) is 19.9 Å². The SMILES string of the molecule is CCc1cc(OC)ccc1CCC1OC1CC. The molecule has 1 saturated heterocycles. The number of rotatable bonds is 6. The molecule has 1 aromatic carbocycles. The Labute approximate surface area is 104 Å². The summed E-state index contributed by atoms with van der Waals surface area (Å²) in [5.41, 5.74) is 2.84. The molecule has 17 heavy (non-hydrogen) atoms. The van der Waals surface area contributed by atoms with Gasteiger partial charge in [0.2, 0.25) is 0 Å². The van der Waals surface area contributed by atoms with E-state index in [0.717, 1.165) is 31.4 Å². The van der Waals surface area contributed by atoms with Gasteiger partial charge in [0, 0.05) is 0 Å². The topological polar surface area (TPSA) is 21.8 Å². The summed E-state index contributed by atoms with van der Waals surface area (Å²) in [5.74, 6) is 0.958. The van der Waals surface area contributed by atoms with Gasteiger partial charge < -0.3 is 9.47 Å². The van der Waals surface area contributed by atoms with Gasteiger partial charge in [0.15, 0.2) is 0 Å². The van der Waals surface area contributed by atoms with Gasteiger partial charge in [-0.25, -0.2) is 0 Å². The highest BCUT2D eigenvalue weighted by molar-refractivity contribution is 5.35. The van der Waals surface area contributed by atoms with E-state index in [9.17, 15) is 0 Å². The Bertz CT molecular complexity index is 373. The second-order valence-corrected chi connectivity index (χ2v) is 4.65. The van der Waals surface area contributed by atoms with E-state index in [1.54, 1.807) is 7.11 Å². The maximum absolute atomic E-state index is 5.58. The first-order valence-corrected chi connectivity index (χ1v) is 6.59. The Morgan fingerprint density at radius 2 is 2.00 bits per heavy atom. The Morgan fingerprint density at radius 3 is 2.59 bits per heavy atom. The van der Waals surface area contributed by atoms with Gasteiger partial charge in [0.1, 0.15) is 5.75 Å². The number of ether oxygens (including phenoxy) is 2. The lowest BCUT2D eigenvalue weighted by Crippen LogP contribution is -1.99. The minimum atomic E-state index is 0.506. The zero-order valence-corrected chi connectivity index (χ0v) is 11.0. The highest BCUT2D eigenvalue weighted by atomic mass is 16.6. The molecule has 2 heteroatoms. The van der Waals surface area contributed by atoms with Crippen LogP contribution in [0.3, 0.4) is 0 Å². The van der Waals surface area contributed by atoms with Gasteiger partial charge in [-0.15, -0.1) is 0 Å². The Kier molecular flexibility index (Phi) is 4.06. The minimum Gasteiger partial charge on any atom is -0.497 e. The van der Waals surface area contributed by atoms with Crippen molar-refractivity contribution >= 4 is 0 Å². The van der Waals surface area contributed by atoms with Crippen LogP contribution in [-0.4, -0.2) is 19.3 Å². The summed E-state index contributed by atoms with van der Waals surface area (Å²) in [7, 11) is 1.72. The lowest BCUT2D eigenvalue weighted by atomic mass is 9.99. The maximum atomic E-state index is 5.58. The summed E-state index contributed by atoms with van der Waals surface area (Å²) in [4.78, 5) is 0. The van der Waals surface area contributed by atoms with Crippen molar-refractivity contribution in [1.29, 1.82) is 0 Å². The number of aryl methyl sites for hydroxylation is 2. The third-order valence-corrected chi connectivity index (χ3v) is 3.58. The van der Waals surface area contributed by atoms with Crippen molar-refractivity contribution < 1.29 is 9.47 Å². The van der Waals surface area contributed by atoms with Gasteiger partial charge in [-0.3, -0.25) is 0 Å². The Balaban J connectivity index is 1.95. The van der Waals surface area contributed by atoms with Gasteiger partial charge in [0.25, 0.3) is 0 Å². The third-order valence-electron chi connectivity index (χ3n) is 3.58. The Hall–Kier alpha value is -1.02. The second kappa shape index (κ2) is 5.54. The average molecular weight is 234 g/mol. The molecule has 1 aromatic rings. The van der Waals surface area contributed by atoms with Crippen LogP contribution in [0.4, 0.5) is 0 Å². The van der Waals surface area contributed by atoms with E-state index in [2.05, 4.69) is 32.0 Å².